The third-order valence-corrected chi connectivity index (χ3v) is 5.58. The Balaban J connectivity index is 2.60. The van der Waals surface area contributed by atoms with E-state index in [-0.39, 0.29) is 12.0 Å². The summed E-state index contributed by atoms with van der Waals surface area (Å²) in [5.41, 5.74) is -1.33. The fourth-order valence-corrected chi connectivity index (χ4v) is 3.64. The van der Waals surface area contributed by atoms with Crippen molar-refractivity contribution in [3.05, 3.63) is 36.0 Å². The van der Waals surface area contributed by atoms with Crippen LogP contribution in [0.15, 0.2) is 36.0 Å². The molecule has 0 bridgehead atoms. The van der Waals surface area contributed by atoms with E-state index in [1.54, 1.807) is 26.8 Å². The van der Waals surface area contributed by atoms with Gasteiger partial charge in [0.15, 0.2) is 11.4 Å². The van der Waals surface area contributed by atoms with Crippen molar-refractivity contribution in [3.63, 3.8) is 0 Å². The molecule has 8 nitrogen and oxygen atoms in total. The van der Waals surface area contributed by atoms with Crippen LogP contribution in [0.5, 0.6) is 0 Å². The second kappa shape index (κ2) is 8.95. The van der Waals surface area contributed by atoms with E-state index in [4.69, 9.17) is 14.2 Å². The summed E-state index contributed by atoms with van der Waals surface area (Å²) in [6.07, 6.45) is 0.693. The third-order valence-electron chi connectivity index (χ3n) is 5.58. The Morgan fingerprint density at radius 3 is 2.53 bits per heavy atom. The summed E-state index contributed by atoms with van der Waals surface area (Å²) in [4.78, 5) is 49.4. The predicted molar refractivity (Wildman–Crippen MR) is 106 cm³/mol. The van der Waals surface area contributed by atoms with Crippen molar-refractivity contribution in [2.24, 2.45) is 11.8 Å². The second-order valence-electron chi connectivity index (χ2n) is 7.94. The SMILES string of the molecule is C=C1C(=O)O[C@@H]2[C@@H](O)[C@H](C)/C=C\C(=O)[C@@](C)(OC(C)=O)C[C@@H](OC(=O)/C(C)=C\C)[C@@H]12. The van der Waals surface area contributed by atoms with Gasteiger partial charge in [-0.05, 0) is 26.8 Å². The molecule has 0 saturated carbocycles. The molecule has 1 saturated heterocycles. The number of fused-ring (bicyclic) bond motifs is 1. The normalized spacial score (nSPS) is 35.9. The number of hydrogen-bond donors (Lipinski definition) is 1. The van der Waals surface area contributed by atoms with Gasteiger partial charge in [0.2, 0.25) is 0 Å². The van der Waals surface area contributed by atoms with E-state index in [1.807, 2.05) is 0 Å². The first-order valence-corrected chi connectivity index (χ1v) is 9.75. The van der Waals surface area contributed by atoms with Gasteiger partial charge in [-0.3, -0.25) is 9.59 Å². The smallest absolute Gasteiger partial charge is 0.334 e. The van der Waals surface area contributed by atoms with Crippen LogP contribution in [-0.4, -0.2) is 52.7 Å². The first kappa shape index (κ1) is 23.5. The summed E-state index contributed by atoms with van der Waals surface area (Å²) in [5, 5.41) is 10.8. The van der Waals surface area contributed by atoms with E-state index in [0.29, 0.717) is 5.57 Å². The molecule has 0 radical (unpaired) electrons. The maximum Gasteiger partial charge on any atom is 0.334 e. The molecule has 6 atom stereocenters. The van der Waals surface area contributed by atoms with E-state index in [1.165, 1.54) is 26.0 Å². The van der Waals surface area contributed by atoms with Gasteiger partial charge in [-0.2, -0.15) is 0 Å². The van der Waals surface area contributed by atoms with Crippen LogP contribution >= 0.6 is 0 Å². The van der Waals surface area contributed by atoms with Crippen LogP contribution in [-0.2, 0) is 33.4 Å². The average Bonchev–Trinajstić information content (AvgIpc) is 2.97. The molecule has 1 N–H and O–H groups in total. The van der Waals surface area contributed by atoms with Crippen molar-refractivity contribution in [2.45, 2.75) is 65.0 Å². The molecule has 1 aliphatic heterocycles. The quantitative estimate of drug-likeness (QED) is 0.417. The van der Waals surface area contributed by atoms with Crippen LogP contribution in [0, 0.1) is 11.8 Å². The number of carbonyl (C=O) groups is 4. The summed E-state index contributed by atoms with van der Waals surface area (Å²) in [7, 11) is 0. The van der Waals surface area contributed by atoms with E-state index >= 15 is 0 Å². The van der Waals surface area contributed by atoms with Crippen LogP contribution < -0.4 is 0 Å². The molecular formula is C22H28O8. The van der Waals surface area contributed by atoms with E-state index in [9.17, 15) is 24.3 Å². The number of ether oxygens (including phenoxy) is 3. The summed E-state index contributed by atoms with van der Waals surface area (Å²) in [5.74, 6) is -4.10. The molecule has 0 aromatic heterocycles. The number of hydrogen-bond acceptors (Lipinski definition) is 8. The highest BCUT2D eigenvalue weighted by Crippen LogP contribution is 2.39. The number of allylic oxidation sites excluding steroid dienone is 1. The molecule has 0 spiro atoms. The summed E-state index contributed by atoms with van der Waals surface area (Å²) < 4.78 is 16.3. The van der Waals surface area contributed by atoms with Gasteiger partial charge >= 0.3 is 17.9 Å². The van der Waals surface area contributed by atoms with E-state index < -0.39 is 59.4 Å². The van der Waals surface area contributed by atoms with Crippen molar-refractivity contribution < 1.29 is 38.5 Å². The summed E-state index contributed by atoms with van der Waals surface area (Å²) in [6.45, 7) is 11.2. The molecule has 2 rings (SSSR count). The van der Waals surface area contributed by atoms with Crippen LogP contribution in [0.3, 0.4) is 0 Å². The Kier molecular flexibility index (Phi) is 7.02. The van der Waals surface area contributed by atoms with Crippen LogP contribution in [0.25, 0.3) is 0 Å². The molecule has 1 fully saturated rings. The zero-order chi connectivity index (χ0) is 22.8. The molecule has 8 heteroatoms. The first-order valence-electron chi connectivity index (χ1n) is 9.75. The van der Waals surface area contributed by atoms with Crippen molar-refractivity contribution in [1.82, 2.24) is 0 Å². The number of ketones is 1. The number of esters is 3. The maximum absolute atomic E-state index is 12.9. The molecule has 0 amide bonds. The van der Waals surface area contributed by atoms with Gasteiger partial charge in [0.05, 0.1) is 12.0 Å². The van der Waals surface area contributed by atoms with Crippen molar-refractivity contribution >= 4 is 23.7 Å². The van der Waals surface area contributed by atoms with Crippen molar-refractivity contribution in [2.75, 3.05) is 0 Å². The lowest BCUT2D eigenvalue weighted by molar-refractivity contribution is -0.171. The summed E-state index contributed by atoms with van der Waals surface area (Å²) >= 11 is 0. The van der Waals surface area contributed by atoms with Crippen LogP contribution in [0.2, 0.25) is 0 Å². The van der Waals surface area contributed by atoms with Gasteiger partial charge < -0.3 is 19.3 Å². The van der Waals surface area contributed by atoms with Gasteiger partial charge in [-0.15, -0.1) is 0 Å². The number of rotatable bonds is 3. The maximum atomic E-state index is 12.9. The highest BCUT2D eigenvalue weighted by atomic mass is 16.6. The second-order valence-corrected chi connectivity index (χ2v) is 7.94. The van der Waals surface area contributed by atoms with Gasteiger partial charge in [0.25, 0.3) is 0 Å². The first-order chi connectivity index (χ1) is 13.9. The number of aliphatic hydroxyl groups excluding tert-OH is 1. The Morgan fingerprint density at radius 1 is 1.33 bits per heavy atom. The topological polar surface area (TPSA) is 116 Å². The monoisotopic (exact) mass is 420 g/mol. The Bertz CT molecular complexity index is 823. The fourth-order valence-electron chi connectivity index (χ4n) is 3.64. The molecule has 0 unspecified atom stereocenters. The Labute approximate surface area is 175 Å². The molecule has 1 heterocycles. The Morgan fingerprint density at radius 2 is 1.97 bits per heavy atom. The molecular weight excluding hydrogens is 392 g/mol. The zero-order valence-corrected chi connectivity index (χ0v) is 17.8. The standard InChI is InChI=1S/C22H28O8/c1-7-11(2)20(26)28-15-10-22(6,30-14(5)23)16(24)9-8-12(3)18(25)19-17(15)13(4)21(27)29-19/h7-9,12,15,17-19,25H,4,10H2,1-3,5-6H3/b9-8-,11-7-/t12-,15-,17-,18+,19+,22+/m1/s1. The average molecular weight is 420 g/mol. The van der Waals surface area contributed by atoms with Gasteiger partial charge in [-0.25, -0.2) is 9.59 Å². The van der Waals surface area contributed by atoms with E-state index in [0.717, 1.165) is 0 Å². The largest absolute Gasteiger partial charge is 0.458 e. The highest BCUT2D eigenvalue weighted by molar-refractivity contribution is 5.98. The number of aliphatic hydroxyl groups is 1. The molecule has 30 heavy (non-hydrogen) atoms. The Hall–Kier alpha value is -2.74. The van der Waals surface area contributed by atoms with Crippen molar-refractivity contribution in [1.29, 1.82) is 0 Å². The highest BCUT2D eigenvalue weighted by Gasteiger charge is 2.52. The van der Waals surface area contributed by atoms with Crippen LogP contribution in [0.1, 0.15) is 41.0 Å². The van der Waals surface area contributed by atoms with Gasteiger partial charge in [0, 0.05) is 30.4 Å². The lowest BCUT2D eigenvalue weighted by Crippen LogP contribution is -2.49. The zero-order valence-electron chi connectivity index (χ0n) is 17.8. The summed E-state index contributed by atoms with van der Waals surface area (Å²) in [6, 6.07) is 0. The lowest BCUT2D eigenvalue weighted by Gasteiger charge is -2.36. The fraction of sp³-hybridized carbons (Fsp3) is 0.545. The molecule has 2 aliphatic rings. The van der Waals surface area contributed by atoms with E-state index in [2.05, 4.69) is 6.58 Å². The third kappa shape index (κ3) is 4.70. The molecule has 0 aromatic rings. The molecule has 0 aromatic carbocycles. The predicted octanol–water partition coefficient (Wildman–Crippen LogP) is 1.81. The van der Waals surface area contributed by atoms with Gasteiger partial charge in [-0.1, -0.05) is 25.7 Å². The molecule has 1 aliphatic carbocycles. The minimum atomic E-state index is -1.66. The van der Waals surface area contributed by atoms with Crippen molar-refractivity contribution in [3.8, 4) is 0 Å². The van der Waals surface area contributed by atoms with Gasteiger partial charge in [0.1, 0.15) is 12.2 Å². The minimum absolute atomic E-state index is 0.0179. The lowest BCUT2D eigenvalue weighted by atomic mass is 9.78. The van der Waals surface area contributed by atoms with Crippen LogP contribution in [0.4, 0.5) is 0 Å². The minimum Gasteiger partial charge on any atom is -0.458 e. The molecule has 164 valence electrons. The number of carbonyl (C=O) groups excluding carboxylic acids is 4.